The first-order valence-corrected chi connectivity index (χ1v) is 8.63. The molecule has 0 amide bonds. The molecule has 2 rings (SSSR count). The Balaban J connectivity index is 2.64. The van der Waals surface area contributed by atoms with Gasteiger partial charge in [-0.2, -0.15) is 0 Å². The summed E-state index contributed by atoms with van der Waals surface area (Å²) in [6, 6.07) is 10.2. The highest BCUT2D eigenvalue weighted by atomic mass is 79.9. The van der Waals surface area contributed by atoms with E-state index < -0.39 is 21.8 Å². The highest BCUT2D eigenvalue weighted by Gasteiger charge is 2.29. The highest BCUT2D eigenvalue weighted by Crippen LogP contribution is 2.29. The maximum Gasteiger partial charge on any atom is 0.339 e. The molecular formula is C15H13BrFNO4S. The predicted octanol–water partition coefficient (Wildman–Crippen LogP) is 3.20. The fourth-order valence-corrected chi connectivity index (χ4v) is 3.81. The lowest BCUT2D eigenvalue weighted by molar-refractivity contribution is 0.0595. The number of carbonyl (C=O) groups excluding carboxylic acids is 1. The number of nitrogens with zero attached hydrogens (tertiary/aromatic N) is 1. The summed E-state index contributed by atoms with van der Waals surface area (Å²) in [7, 11) is -1.63. The number of halogens is 2. The van der Waals surface area contributed by atoms with Crippen molar-refractivity contribution in [3.63, 3.8) is 0 Å². The van der Waals surface area contributed by atoms with Crippen LogP contribution in [0.4, 0.5) is 10.1 Å². The van der Waals surface area contributed by atoms with Crippen molar-refractivity contribution in [3.05, 3.63) is 58.3 Å². The second-order valence-electron chi connectivity index (χ2n) is 4.56. The van der Waals surface area contributed by atoms with Crippen molar-refractivity contribution in [2.24, 2.45) is 0 Å². The van der Waals surface area contributed by atoms with E-state index in [1.54, 1.807) is 30.3 Å². The quantitative estimate of drug-likeness (QED) is 0.737. The van der Waals surface area contributed by atoms with Crippen molar-refractivity contribution in [2.75, 3.05) is 18.5 Å². The molecule has 0 atom stereocenters. The van der Waals surface area contributed by atoms with Crippen LogP contribution in [0.1, 0.15) is 10.4 Å². The molecule has 0 fully saturated rings. The minimum Gasteiger partial charge on any atom is -0.465 e. The van der Waals surface area contributed by atoms with Crippen molar-refractivity contribution in [2.45, 2.75) is 4.90 Å². The Hall–Kier alpha value is -1.93. The summed E-state index contributed by atoms with van der Waals surface area (Å²) in [6.45, 7) is 0. The van der Waals surface area contributed by atoms with Crippen molar-refractivity contribution >= 4 is 37.6 Å². The van der Waals surface area contributed by atoms with Crippen LogP contribution in [-0.4, -0.2) is 28.5 Å². The SMILES string of the molecule is COC(=O)c1cc(F)c(Br)cc1S(=O)(=O)N(C)c1ccccc1. The number of benzene rings is 2. The van der Waals surface area contributed by atoms with E-state index in [1.165, 1.54) is 7.05 Å². The molecule has 8 heteroatoms. The van der Waals surface area contributed by atoms with Crippen LogP contribution < -0.4 is 4.31 Å². The van der Waals surface area contributed by atoms with E-state index >= 15 is 0 Å². The molecule has 2 aromatic carbocycles. The number of para-hydroxylation sites is 1. The highest BCUT2D eigenvalue weighted by molar-refractivity contribution is 9.10. The molecule has 0 aromatic heterocycles. The molecule has 122 valence electrons. The number of hydrogen-bond acceptors (Lipinski definition) is 4. The molecule has 0 spiro atoms. The van der Waals surface area contributed by atoms with Gasteiger partial charge in [0.2, 0.25) is 0 Å². The molecule has 0 saturated carbocycles. The Morgan fingerprint density at radius 2 is 1.83 bits per heavy atom. The van der Waals surface area contributed by atoms with Crippen LogP contribution in [0.2, 0.25) is 0 Å². The first kappa shape index (κ1) is 17.4. The van der Waals surface area contributed by atoms with Gasteiger partial charge in [0.05, 0.1) is 22.8 Å². The second kappa shape index (κ2) is 6.67. The fourth-order valence-electron chi connectivity index (χ4n) is 1.94. The van der Waals surface area contributed by atoms with Gasteiger partial charge in [-0.25, -0.2) is 17.6 Å². The Morgan fingerprint density at radius 1 is 1.22 bits per heavy atom. The number of ether oxygens (including phenoxy) is 1. The van der Waals surface area contributed by atoms with Gasteiger partial charge in [0.25, 0.3) is 10.0 Å². The summed E-state index contributed by atoms with van der Waals surface area (Å²) in [5.74, 6) is -1.69. The maximum atomic E-state index is 13.7. The summed E-state index contributed by atoms with van der Waals surface area (Å²) in [4.78, 5) is 11.5. The van der Waals surface area contributed by atoms with Crippen LogP contribution >= 0.6 is 15.9 Å². The number of hydrogen-bond donors (Lipinski definition) is 0. The van der Waals surface area contributed by atoms with Crippen LogP contribution in [0, 0.1) is 5.82 Å². The van der Waals surface area contributed by atoms with E-state index in [0.717, 1.165) is 23.5 Å². The number of methoxy groups -OCH3 is 1. The van der Waals surface area contributed by atoms with Gasteiger partial charge in [-0.15, -0.1) is 0 Å². The van der Waals surface area contributed by atoms with Crippen LogP contribution in [0.3, 0.4) is 0 Å². The molecule has 23 heavy (non-hydrogen) atoms. The molecule has 0 heterocycles. The fraction of sp³-hybridized carbons (Fsp3) is 0.133. The number of carbonyl (C=O) groups is 1. The summed E-state index contributed by atoms with van der Waals surface area (Å²) in [6.07, 6.45) is 0. The third-order valence-corrected chi connectivity index (χ3v) is 5.62. The van der Waals surface area contributed by atoms with Gasteiger partial charge in [0.1, 0.15) is 10.7 Å². The molecule has 0 saturated heterocycles. The lowest BCUT2D eigenvalue weighted by atomic mass is 10.2. The third-order valence-electron chi connectivity index (χ3n) is 3.19. The second-order valence-corrected chi connectivity index (χ2v) is 7.35. The summed E-state index contributed by atoms with van der Waals surface area (Å²) in [5.41, 5.74) is 0.0414. The molecule has 0 radical (unpaired) electrons. The Bertz CT molecular complexity index is 840. The van der Waals surface area contributed by atoms with Crippen molar-refractivity contribution < 1.29 is 22.3 Å². The largest absolute Gasteiger partial charge is 0.465 e. The van der Waals surface area contributed by atoms with E-state index in [1.807, 2.05) is 0 Å². The van der Waals surface area contributed by atoms with Crippen molar-refractivity contribution in [1.82, 2.24) is 0 Å². The van der Waals surface area contributed by atoms with E-state index in [4.69, 9.17) is 0 Å². The molecule has 0 aliphatic heterocycles. The normalized spacial score (nSPS) is 11.1. The number of rotatable bonds is 4. The molecule has 2 aromatic rings. The monoisotopic (exact) mass is 401 g/mol. The average Bonchev–Trinajstić information content (AvgIpc) is 2.56. The van der Waals surface area contributed by atoms with Gasteiger partial charge < -0.3 is 4.74 Å². The van der Waals surface area contributed by atoms with E-state index in [0.29, 0.717) is 5.69 Å². The summed E-state index contributed by atoms with van der Waals surface area (Å²) in [5, 5.41) is 0. The zero-order chi connectivity index (χ0) is 17.2. The molecule has 0 bridgehead atoms. The molecule has 0 aliphatic rings. The molecule has 0 unspecified atom stereocenters. The zero-order valence-corrected chi connectivity index (χ0v) is 14.7. The molecule has 0 N–H and O–H groups in total. The Labute approximate surface area is 141 Å². The van der Waals surface area contributed by atoms with Crippen molar-refractivity contribution in [3.8, 4) is 0 Å². The predicted molar refractivity (Wildman–Crippen MR) is 87.5 cm³/mol. The Kier molecular flexibility index (Phi) is 5.06. The zero-order valence-electron chi connectivity index (χ0n) is 12.3. The van der Waals surface area contributed by atoms with Gasteiger partial charge in [-0.3, -0.25) is 4.31 Å². The van der Waals surface area contributed by atoms with Gasteiger partial charge >= 0.3 is 5.97 Å². The van der Waals surface area contributed by atoms with Crippen molar-refractivity contribution in [1.29, 1.82) is 0 Å². The minimum absolute atomic E-state index is 0.0646. The van der Waals surface area contributed by atoms with Gasteiger partial charge in [0.15, 0.2) is 0 Å². The smallest absolute Gasteiger partial charge is 0.339 e. The lowest BCUT2D eigenvalue weighted by Gasteiger charge is -2.21. The third kappa shape index (κ3) is 3.37. The summed E-state index contributed by atoms with van der Waals surface area (Å²) >= 11 is 2.94. The van der Waals surface area contributed by atoms with Gasteiger partial charge in [-0.05, 0) is 40.2 Å². The number of anilines is 1. The van der Waals surface area contributed by atoms with Gasteiger partial charge in [-0.1, -0.05) is 18.2 Å². The lowest BCUT2D eigenvalue weighted by Crippen LogP contribution is -2.28. The minimum atomic E-state index is -4.08. The molecule has 5 nitrogen and oxygen atoms in total. The number of sulfonamides is 1. The van der Waals surface area contributed by atoms with E-state index in [2.05, 4.69) is 20.7 Å². The first-order valence-electron chi connectivity index (χ1n) is 6.40. The molecule has 0 aliphatic carbocycles. The van der Waals surface area contributed by atoms with Gasteiger partial charge in [0, 0.05) is 7.05 Å². The topological polar surface area (TPSA) is 63.7 Å². The van der Waals surface area contributed by atoms with Crippen LogP contribution in [0.25, 0.3) is 0 Å². The van der Waals surface area contributed by atoms with Crippen LogP contribution in [-0.2, 0) is 14.8 Å². The Morgan fingerprint density at radius 3 is 2.39 bits per heavy atom. The van der Waals surface area contributed by atoms with Crippen LogP contribution in [0.5, 0.6) is 0 Å². The van der Waals surface area contributed by atoms with E-state index in [9.17, 15) is 17.6 Å². The maximum absolute atomic E-state index is 13.7. The first-order chi connectivity index (χ1) is 10.8. The van der Waals surface area contributed by atoms with Crippen LogP contribution in [0.15, 0.2) is 51.8 Å². The number of esters is 1. The standard InChI is InChI=1S/C15H13BrFNO4S/c1-18(10-6-4-3-5-7-10)23(20,21)14-9-12(16)13(17)8-11(14)15(19)22-2/h3-9H,1-2H3. The molecular weight excluding hydrogens is 389 g/mol. The average molecular weight is 402 g/mol. The summed E-state index contributed by atoms with van der Waals surface area (Å²) < 4.78 is 44.8. The van der Waals surface area contributed by atoms with E-state index in [-0.39, 0.29) is 14.9 Å².